The molecule has 108 valence electrons. The normalized spacial score (nSPS) is 16.8. The van der Waals surface area contributed by atoms with Crippen LogP contribution in [-0.4, -0.2) is 5.91 Å². The lowest BCUT2D eigenvalue weighted by atomic mass is 10.1. The first-order valence-electron chi connectivity index (χ1n) is 7.39. The molecular weight excluding hydrogens is 260 g/mol. The molecule has 0 aliphatic carbocycles. The molecule has 0 spiro atoms. The Morgan fingerprint density at radius 2 is 2.00 bits per heavy atom. The fourth-order valence-corrected chi connectivity index (χ4v) is 2.60. The number of nitriles is 1. The zero-order valence-corrected chi connectivity index (χ0v) is 12.8. The summed E-state index contributed by atoms with van der Waals surface area (Å²) in [6, 6.07) is 9.94. The van der Waals surface area contributed by atoms with E-state index in [1.54, 1.807) is 4.90 Å². The number of benzene rings is 1. The minimum Gasteiger partial charge on any atom is -0.276 e. The molecule has 1 aliphatic heterocycles. The highest BCUT2D eigenvalue weighted by atomic mass is 16.2. The van der Waals surface area contributed by atoms with E-state index in [1.165, 1.54) is 0 Å². The molecule has 0 aromatic heterocycles. The summed E-state index contributed by atoms with van der Waals surface area (Å²) in [5.41, 5.74) is 3.89. The quantitative estimate of drug-likeness (QED) is 0.832. The molecule has 3 nitrogen and oxygen atoms in total. The summed E-state index contributed by atoms with van der Waals surface area (Å²) in [6.45, 7) is 6.02. The molecule has 0 N–H and O–H groups in total. The monoisotopic (exact) mass is 280 g/mol. The number of hydrogen-bond acceptors (Lipinski definition) is 2. The number of unbranched alkanes of at least 4 members (excludes halogenated alkanes) is 1. The molecule has 0 bridgehead atoms. The molecule has 21 heavy (non-hydrogen) atoms. The molecule has 2 rings (SSSR count). The van der Waals surface area contributed by atoms with Crippen molar-refractivity contribution in [1.82, 2.24) is 0 Å². The maximum absolute atomic E-state index is 12.6. The summed E-state index contributed by atoms with van der Waals surface area (Å²) in [5, 5.41) is 9.26. The van der Waals surface area contributed by atoms with Gasteiger partial charge in [-0.05, 0) is 37.0 Å². The van der Waals surface area contributed by atoms with Gasteiger partial charge in [0, 0.05) is 5.70 Å². The molecule has 1 amide bonds. The Hall–Kier alpha value is -2.34. The molecule has 0 fully saturated rings. The third kappa shape index (κ3) is 2.62. The first-order valence-corrected chi connectivity index (χ1v) is 7.39. The molecule has 0 saturated carbocycles. The van der Waals surface area contributed by atoms with Crippen LogP contribution in [0.3, 0.4) is 0 Å². The Morgan fingerprint density at radius 1 is 1.29 bits per heavy atom. The van der Waals surface area contributed by atoms with Crippen LogP contribution in [0.4, 0.5) is 5.69 Å². The third-order valence-corrected chi connectivity index (χ3v) is 3.77. The van der Waals surface area contributed by atoms with Gasteiger partial charge in [-0.3, -0.25) is 9.69 Å². The number of anilines is 1. The highest BCUT2D eigenvalue weighted by Crippen LogP contribution is 2.36. The van der Waals surface area contributed by atoms with Crippen molar-refractivity contribution in [3.8, 4) is 6.07 Å². The Labute approximate surface area is 126 Å². The second-order valence-corrected chi connectivity index (χ2v) is 5.11. The van der Waals surface area contributed by atoms with Crippen molar-refractivity contribution in [2.45, 2.75) is 40.0 Å². The average molecular weight is 280 g/mol. The number of carbonyl (C=O) groups is 1. The molecule has 0 atom stereocenters. The summed E-state index contributed by atoms with van der Waals surface area (Å²) in [6.07, 6.45) is 4.81. The number of carbonyl (C=O) groups excluding carboxylic acids is 1. The summed E-state index contributed by atoms with van der Waals surface area (Å²) in [7, 11) is 0. The highest BCUT2D eigenvalue weighted by Gasteiger charge is 2.34. The minimum atomic E-state index is -0.210. The van der Waals surface area contributed by atoms with Crippen molar-refractivity contribution in [3.63, 3.8) is 0 Å². The van der Waals surface area contributed by atoms with Crippen LogP contribution in [0.2, 0.25) is 0 Å². The van der Waals surface area contributed by atoms with Gasteiger partial charge in [0.25, 0.3) is 5.91 Å². The van der Waals surface area contributed by atoms with E-state index in [0.717, 1.165) is 41.8 Å². The maximum atomic E-state index is 12.6. The summed E-state index contributed by atoms with van der Waals surface area (Å²) >= 11 is 0. The third-order valence-electron chi connectivity index (χ3n) is 3.77. The van der Waals surface area contributed by atoms with Crippen LogP contribution < -0.4 is 4.90 Å². The first-order chi connectivity index (χ1) is 10.2. The molecule has 1 heterocycles. The number of amides is 1. The van der Waals surface area contributed by atoms with Crippen molar-refractivity contribution in [1.29, 1.82) is 5.26 Å². The number of hydrogen-bond donors (Lipinski definition) is 0. The Balaban J connectivity index is 2.57. The molecule has 1 aromatic rings. The Bertz CT molecular complexity index is 662. The van der Waals surface area contributed by atoms with E-state index in [0.29, 0.717) is 0 Å². The second kappa shape index (κ2) is 6.41. The van der Waals surface area contributed by atoms with Crippen molar-refractivity contribution < 1.29 is 4.79 Å². The number of allylic oxidation sites excluding steroid dienone is 2. The van der Waals surface area contributed by atoms with Crippen LogP contribution in [0.25, 0.3) is 0 Å². The topological polar surface area (TPSA) is 44.1 Å². The van der Waals surface area contributed by atoms with Crippen LogP contribution >= 0.6 is 0 Å². The molecular formula is C18H20N2O. The van der Waals surface area contributed by atoms with Gasteiger partial charge in [0.15, 0.2) is 0 Å². The standard InChI is InChI=1S/C18H20N2O/c1-4-6-10-16-13(3)15(12-19)18(21)20(16)17-11-8-7-9-14(17)5-2/h7-11H,4-6H2,1-3H3/b16-10+. The Kier molecular flexibility index (Phi) is 4.59. The smallest absolute Gasteiger partial charge is 0.273 e. The highest BCUT2D eigenvalue weighted by molar-refractivity contribution is 6.15. The van der Waals surface area contributed by atoms with E-state index in [2.05, 4.69) is 26.0 Å². The second-order valence-electron chi connectivity index (χ2n) is 5.11. The number of nitrogens with zero attached hydrogens (tertiary/aromatic N) is 2. The fraction of sp³-hybridized carbons (Fsp3) is 0.333. The van der Waals surface area contributed by atoms with E-state index in [4.69, 9.17) is 0 Å². The lowest BCUT2D eigenvalue weighted by Gasteiger charge is -2.22. The largest absolute Gasteiger partial charge is 0.276 e. The van der Waals surface area contributed by atoms with E-state index in [9.17, 15) is 10.1 Å². The van der Waals surface area contributed by atoms with Gasteiger partial charge < -0.3 is 0 Å². The van der Waals surface area contributed by atoms with E-state index >= 15 is 0 Å². The molecule has 0 saturated heterocycles. The van der Waals surface area contributed by atoms with Crippen LogP contribution in [0.1, 0.15) is 39.2 Å². The summed E-state index contributed by atoms with van der Waals surface area (Å²) in [4.78, 5) is 14.3. The van der Waals surface area contributed by atoms with Crippen molar-refractivity contribution in [2.24, 2.45) is 0 Å². The van der Waals surface area contributed by atoms with Gasteiger partial charge in [-0.25, -0.2) is 0 Å². The van der Waals surface area contributed by atoms with E-state index in [1.807, 2.05) is 31.2 Å². The predicted octanol–water partition coefficient (Wildman–Crippen LogP) is 4.12. The molecule has 1 aromatic carbocycles. The zero-order valence-electron chi connectivity index (χ0n) is 12.8. The van der Waals surface area contributed by atoms with Crippen molar-refractivity contribution in [3.05, 3.63) is 52.7 Å². The maximum Gasteiger partial charge on any atom is 0.273 e. The first kappa shape index (κ1) is 15.1. The van der Waals surface area contributed by atoms with Crippen LogP contribution in [0, 0.1) is 11.3 Å². The van der Waals surface area contributed by atoms with Gasteiger partial charge in [-0.1, -0.05) is 44.5 Å². The summed E-state index contributed by atoms with van der Waals surface area (Å²) < 4.78 is 0. The van der Waals surface area contributed by atoms with Gasteiger partial charge in [0.1, 0.15) is 11.6 Å². The molecule has 0 unspecified atom stereocenters. The van der Waals surface area contributed by atoms with Gasteiger partial charge in [-0.2, -0.15) is 5.26 Å². The lowest BCUT2D eigenvalue weighted by Crippen LogP contribution is -2.26. The van der Waals surface area contributed by atoms with Crippen molar-refractivity contribution in [2.75, 3.05) is 4.90 Å². The fourth-order valence-electron chi connectivity index (χ4n) is 2.60. The van der Waals surface area contributed by atoms with Gasteiger partial charge in [0.2, 0.25) is 0 Å². The Morgan fingerprint density at radius 3 is 2.62 bits per heavy atom. The van der Waals surface area contributed by atoms with E-state index in [-0.39, 0.29) is 11.5 Å². The van der Waals surface area contributed by atoms with E-state index < -0.39 is 0 Å². The number of aryl methyl sites for hydroxylation is 1. The van der Waals surface area contributed by atoms with Crippen molar-refractivity contribution >= 4 is 11.6 Å². The van der Waals surface area contributed by atoms with Crippen LogP contribution in [-0.2, 0) is 11.2 Å². The number of rotatable bonds is 4. The van der Waals surface area contributed by atoms with Gasteiger partial charge in [-0.15, -0.1) is 0 Å². The number of para-hydroxylation sites is 1. The molecule has 1 aliphatic rings. The van der Waals surface area contributed by atoms with Crippen LogP contribution in [0.5, 0.6) is 0 Å². The zero-order chi connectivity index (χ0) is 15.4. The molecule has 0 radical (unpaired) electrons. The lowest BCUT2D eigenvalue weighted by molar-refractivity contribution is -0.113. The molecule has 3 heteroatoms. The average Bonchev–Trinajstić information content (AvgIpc) is 2.75. The summed E-state index contributed by atoms with van der Waals surface area (Å²) in [5.74, 6) is -0.210. The van der Waals surface area contributed by atoms with Crippen LogP contribution in [0.15, 0.2) is 47.2 Å². The minimum absolute atomic E-state index is 0.210. The van der Waals surface area contributed by atoms with Gasteiger partial charge in [0.05, 0.1) is 5.69 Å². The van der Waals surface area contributed by atoms with Gasteiger partial charge >= 0.3 is 0 Å². The SMILES string of the molecule is CCC/C=C1\C(C)=C(C#N)C(=O)N1c1ccccc1CC. The predicted molar refractivity (Wildman–Crippen MR) is 84.6 cm³/mol.